The molecule has 0 radical (unpaired) electrons. The minimum Gasteiger partial charge on any atom is -0.354 e. The van der Waals surface area contributed by atoms with Crippen LogP contribution in [-0.4, -0.2) is 27.2 Å². The van der Waals surface area contributed by atoms with Crippen LogP contribution < -0.4 is 5.32 Å². The third-order valence-electron chi connectivity index (χ3n) is 3.54. The predicted octanol–water partition coefficient (Wildman–Crippen LogP) is 2.96. The van der Waals surface area contributed by atoms with Gasteiger partial charge in [0.15, 0.2) is 0 Å². The van der Waals surface area contributed by atoms with Gasteiger partial charge in [0, 0.05) is 24.0 Å². The summed E-state index contributed by atoms with van der Waals surface area (Å²) in [6.07, 6.45) is 3.89. The Kier molecular flexibility index (Phi) is 5.23. The summed E-state index contributed by atoms with van der Waals surface area (Å²) in [4.78, 5) is 16.2. The third kappa shape index (κ3) is 4.20. The van der Waals surface area contributed by atoms with Crippen molar-refractivity contribution in [2.45, 2.75) is 13.0 Å². The molecule has 0 saturated carbocycles. The monoisotopic (exact) mass is 340 g/mol. The highest BCUT2D eigenvalue weighted by atomic mass is 35.5. The van der Waals surface area contributed by atoms with Gasteiger partial charge >= 0.3 is 0 Å². The predicted molar refractivity (Wildman–Crippen MR) is 93.6 cm³/mol. The molecule has 0 spiro atoms. The van der Waals surface area contributed by atoms with Gasteiger partial charge in [0.05, 0.1) is 18.7 Å². The highest BCUT2D eigenvalue weighted by Gasteiger charge is 2.07. The summed E-state index contributed by atoms with van der Waals surface area (Å²) in [7, 11) is 0. The van der Waals surface area contributed by atoms with Crippen LogP contribution in [0.1, 0.15) is 5.56 Å². The molecule has 3 aromatic rings. The van der Waals surface area contributed by atoms with Gasteiger partial charge < -0.3 is 5.32 Å². The first kappa shape index (κ1) is 16.2. The number of benzene rings is 1. The zero-order chi connectivity index (χ0) is 16.8. The van der Waals surface area contributed by atoms with Crippen molar-refractivity contribution in [1.82, 2.24) is 20.1 Å². The highest BCUT2D eigenvalue weighted by Crippen LogP contribution is 2.15. The van der Waals surface area contributed by atoms with Gasteiger partial charge in [-0.1, -0.05) is 35.9 Å². The fraction of sp³-hybridized carbons (Fsp3) is 0.167. The Labute approximate surface area is 145 Å². The minimum atomic E-state index is -0.0554. The average Bonchev–Trinajstić information content (AvgIpc) is 3.07. The number of nitrogens with zero attached hydrogens (tertiary/aromatic N) is 3. The van der Waals surface area contributed by atoms with E-state index in [-0.39, 0.29) is 12.3 Å². The van der Waals surface area contributed by atoms with E-state index in [2.05, 4.69) is 15.4 Å². The molecule has 122 valence electrons. The van der Waals surface area contributed by atoms with E-state index in [1.807, 2.05) is 48.7 Å². The van der Waals surface area contributed by atoms with Gasteiger partial charge in [-0.15, -0.1) is 0 Å². The zero-order valence-electron chi connectivity index (χ0n) is 13.0. The van der Waals surface area contributed by atoms with Crippen LogP contribution in [0.2, 0.25) is 5.02 Å². The quantitative estimate of drug-likeness (QED) is 0.750. The Hall–Kier alpha value is -2.66. The van der Waals surface area contributed by atoms with Crippen LogP contribution in [0.5, 0.6) is 0 Å². The second-order valence-electron chi connectivity index (χ2n) is 5.30. The molecule has 6 heteroatoms. The maximum atomic E-state index is 12.0. The van der Waals surface area contributed by atoms with Gasteiger partial charge in [-0.2, -0.15) is 5.10 Å². The fourth-order valence-corrected chi connectivity index (χ4v) is 2.53. The normalized spacial score (nSPS) is 10.5. The molecule has 1 aromatic carbocycles. The molecule has 0 fully saturated rings. The number of nitrogens with one attached hydrogen (secondary N) is 1. The maximum Gasteiger partial charge on any atom is 0.224 e. The Morgan fingerprint density at radius 3 is 2.71 bits per heavy atom. The Morgan fingerprint density at radius 1 is 1.08 bits per heavy atom. The molecule has 2 aromatic heterocycles. The van der Waals surface area contributed by atoms with Crippen molar-refractivity contribution in [3.63, 3.8) is 0 Å². The lowest BCUT2D eigenvalue weighted by atomic mass is 10.1. The summed E-state index contributed by atoms with van der Waals surface area (Å²) in [6.45, 7) is 1.10. The fourth-order valence-electron chi connectivity index (χ4n) is 2.32. The summed E-state index contributed by atoms with van der Waals surface area (Å²) in [5.74, 6) is -0.0554. The summed E-state index contributed by atoms with van der Waals surface area (Å²) in [5.41, 5.74) is 2.48. The molecule has 3 rings (SSSR count). The van der Waals surface area contributed by atoms with Crippen LogP contribution in [0, 0.1) is 0 Å². The highest BCUT2D eigenvalue weighted by molar-refractivity contribution is 6.31. The number of carbonyl (C=O) groups is 1. The third-order valence-corrected chi connectivity index (χ3v) is 3.91. The summed E-state index contributed by atoms with van der Waals surface area (Å²) in [6, 6.07) is 15.0. The lowest BCUT2D eigenvalue weighted by Gasteiger charge is -2.06. The molecule has 0 bridgehead atoms. The number of aromatic nitrogens is 3. The van der Waals surface area contributed by atoms with Crippen LogP contribution >= 0.6 is 11.6 Å². The van der Waals surface area contributed by atoms with Gasteiger partial charge in [-0.3, -0.25) is 14.5 Å². The van der Waals surface area contributed by atoms with E-state index in [4.69, 9.17) is 11.6 Å². The molecule has 0 aliphatic rings. The number of hydrogen-bond acceptors (Lipinski definition) is 3. The second-order valence-corrected chi connectivity index (χ2v) is 5.70. The molecule has 0 aliphatic carbocycles. The van der Waals surface area contributed by atoms with Crippen molar-refractivity contribution in [2.24, 2.45) is 0 Å². The van der Waals surface area contributed by atoms with Gasteiger partial charge in [-0.05, 0) is 29.8 Å². The van der Waals surface area contributed by atoms with Crippen LogP contribution in [0.25, 0.3) is 11.4 Å². The van der Waals surface area contributed by atoms with Crippen LogP contribution in [0.3, 0.4) is 0 Å². The van der Waals surface area contributed by atoms with E-state index in [0.29, 0.717) is 18.1 Å². The van der Waals surface area contributed by atoms with Crippen LogP contribution in [0.15, 0.2) is 60.9 Å². The number of carbonyl (C=O) groups excluding carboxylic acids is 1. The van der Waals surface area contributed by atoms with Crippen molar-refractivity contribution in [3.05, 3.63) is 71.5 Å². The Morgan fingerprint density at radius 2 is 1.92 bits per heavy atom. The average molecular weight is 341 g/mol. The van der Waals surface area contributed by atoms with Gasteiger partial charge in [-0.25, -0.2) is 0 Å². The van der Waals surface area contributed by atoms with Crippen molar-refractivity contribution >= 4 is 17.5 Å². The first-order chi connectivity index (χ1) is 11.7. The van der Waals surface area contributed by atoms with E-state index in [1.165, 1.54) is 0 Å². The molecule has 0 aliphatic heterocycles. The number of hydrogen-bond donors (Lipinski definition) is 1. The Balaban J connectivity index is 1.49. The lowest BCUT2D eigenvalue weighted by molar-refractivity contribution is -0.120. The van der Waals surface area contributed by atoms with E-state index in [9.17, 15) is 4.79 Å². The molecule has 1 N–H and O–H groups in total. The van der Waals surface area contributed by atoms with Crippen molar-refractivity contribution in [3.8, 4) is 11.4 Å². The summed E-state index contributed by atoms with van der Waals surface area (Å²) < 4.78 is 1.79. The molecular weight excluding hydrogens is 324 g/mol. The number of pyridine rings is 1. The van der Waals surface area contributed by atoms with E-state index < -0.39 is 0 Å². The van der Waals surface area contributed by atoms with Crippen LogP contribution in [0.4, 0.5) is 0 Å². The smallest absolute Gasteiger partial charge is 0.224 e. The summed E-state index contributed by atoms with van der Waals surface area (Å²) >= 11 is 6.06. The maximum absolute atomic E-state index is 12.0. The van der Waals surface area contributed by atoms with Crippen molar-refractivity contribution in [2.75, 3.05) is 6.54 Å². The molecular formula is C18H17ClN4O. The first-order valence-corrected chi connectivity index (χ1v) is 8.05. The standard InChI is InChI=1S/C18H17ClN4O/c19-15-6-2-1-5-14(15)13-18(24)21-10-12-23-11-8-17(22-23)16-7-3-4-9-20-16/h1-9,11H,10,12-13H2,(H,21,24). The van der Waals surface area contributed by atoms with E-state index in [1.54, 1.807) is 16.9 Å². The summed E-state index contributed by atoms with van der Waals surface area (Å²) in [5, 5.41) is 7.95. The zero-order valence-corrected chi connectivity index (χ0v) is 13.8. The largest absolute Gasteiger partial charge is 0.354 e. The first-order valence-electron chi connectivity index (χ1n) is 7.67. The van der Waals surface area contributed by atoms with Gasteiger partial charge in [0.1, 0.15) is 5.69 Å². The molecule has 0 saturated heterocycles. The Bertz CT molecular complexity index is 817. The van der Waals surface area contributed by atoms with Gasteiger partial charge in [0.25, 0.3) is 0 Å². The topological polar surface area (TPSA) is 59.8 Å². The van der Waals surface area contributed by atoms with Gasteiger partial charge in [0.2, 0.25) is 5.91 Å². The molecule has 5 nitrogen and oxygen atoms in total. The van der Waals surface area contributed by atoms with E-state index in [0.717, 1.165) is 17.0 Å². The number of amides is 1. The minimum absolute atomic E-state index is 0.0554. The molecule has 24 heavy (non-hydrogen) atoms. The SMILES string of the molecule is O=C(Cc1ccccc1Cl)NCCn1ccc(-c2ccccn2)n1. The molecule has 0 unspecified atom stereocenters. The lowest BCUT2D eigenvalue weighted by Crippen LogP contribution is -2.28. The molecule has 0 atom stereocenters. The van der Waals surface area contributed by atoms with Crippen LogP contribution in [-0.2, 0) is 17.8 Å². The van der Waals surface area contributed by atoms with E-state index >= 15 is 0 Å². The number of rotatable bonds is 6. The molecule has 1 amide bonds. The number of halogens is 1. The van der Waals surface area contributed by atoms with Crippen molar-refractivity contribution in [1.29, 1.82) is 0 Å². The second kappa shape index (κ2) is 7.75. The molecule has 2 heterocycles. The van der Waals surface area contributed by atoms with Crippen molar-refractivity contribution < 1.29 is 4.79 Å².